The number of hydrogen-bond donors (Lipinski definition) is 1. The minimum Gasteiger partial charge on any atom is -0.490 e. The second-order valence-corrected chi connectivity index (χ2v) is 5.93. The Kier molecular flexibility index (Phi) is 5.99. The number of carbonyl (C=O) groups excluding carboxylic acids is 1. The number of nitrogens with one attached hydrogen (secondary N) is 1. The van der Waals surface area contributed by atoms with Crippen LogP contribution in [-0.2, 0) is 6.54 Å². The highest BCUT2D eigenvalue weighted by molar-refractivity contribution is 5.97. The number of amides is 1. The van der Waals surface area contributed by atoms with Gasteiger partial charge in [-0.3, -0.25) is 9.78 Å². The van der Waals surface area contributed by atoms with Gasteiger partial charge in [0.25, 0.3) is 5.91 Å². The minimum absolute atomic E-state index is 0.104. The lowest BCUT2D eigenvalue weighted by Crippen LogP contribution is -2.22. The normalized spacial score (nSPS) is 11.0. The van der Waals surface area contributed by atoms with Gasteiger partial charge in [0.2, 0.25) is 0 Å². The average Bonchev–Trinajstić information content (AvgIpc) is 2.69. The van der Waals surface area contributed by atoms with Crippen LogP contribution in [0.2, 0.25) is 0 Å². The molecule has 0 saturated carbocycles. The van der Waals surface area contributed by atoms with Crippen molar-refractivity contribution in [2.75, 3.05) is 6.61 Å². The average molecular weight is 346 g/mol. The lowest BCUT2D eigenvalue weighted by atomic mass is 10.1. The van der Waals surface area contributed by atoms with E-state index < -0.39 is 0 Å². The van der Waals surface area contributed by atoms with E-state index in [9.17, 15) is 4.79 Å². The number of ether oxygens (including phenoxy) is 1. The summed E-state index contributed by atoms with van der Waals surface area (Å²) in [7, 11) is 0. The van der Waals surface area contributed by atoms with E-state index in [2.05, 4.69) is 23.3 Å². The number of pyridine rings is 1. The molecule has 0 unspecified atom stereocenters. The van der Waals surface area contributed by atoms with E-state index in [0.29, 0.717) is 18.7 Å². The molecule has 3 rings (SSSR count). The van der Waals surface area contributed by atoms with Gasteiger partial charge in [0.15, 0.2) is 0 Å². The molecule has 1 heterocycles. The highest BCUT2D eigenvalue weighted by Crippen LogP contribution is 2.15. The first-order valence-corrected chi connectivity index (χ1v) is 8.76. The molecule has 2 aromatic carbocycles. The molecule has 1 amide bonds. The van der Waals surface area contributed by atoms with Gasteiger partial charge in [0.05, 0.1) is 5.52 Å². The molecule has 4 nitrogen and oxygen atoms in total. The van der Waals surface area contributed by atoms with Crippen molar-refractivity contribution in [2.45, 2.75) is 19.9 Å². The Morgan fingerprint density at radius 2 is 2.04 bits per heavy atom. The number of allylic oxidation sites excluding steroid dienone is 1. The van der Waals surface area contributed by atoms with Crippen LogP contribution >= 0.6 is 0 Å². The Morgan fingerprint density at radius 3 is 2.92 bits per heavy atom. The van der Waals surface area contributed by atoms with Gasteiger partial charge in [0.1, 0.15) is 12.4 Å². The third kappa shape index (κ3) is 4.70. The van der Waals surface area contributed by atoms with Gasteiger partial charge < -0.3 is 10.1 Å². The van der Waals surface area contributed by atoms with E-state index in [1.165, 1.54) is 0 Å². The second-order valence-electron chi connectivity index (χ2n) is 5.93. The van der Waals surface area contributed by atoms with Crippen LogP contribution in [0.25, 0.3) is 10.9 Å². The topological polar surface area (TPSA) is 51.2 Å². The minimum atomic E-state index is -0.104. The summed E-state index contributed by atoms with van der Waals surface area (Å²) in [4.78, 5) is 16.7. The maximum absolute atomic E-state index is 12.4. The van der Waals surface area contributed by atoms with Crippen LogP contribution in [0.4, 0.5) is 0 Å². The monoisotopic (exact) mass is 346 g/mol. The SMILES string of the molecule is CCC=CCOc1cccc(CNC(=O)c2ccc3ncccc3c2)c1. The molecule has 0 saturated heterocycles. The smallest absolute Gasteiger partial charge is 0.251 e. The van der Waals surface area contributed by atoms with Crippen molar-refractivity contribution in [2.24, 2.45) is 0 Å². The molecule has 1 aromatic heterocycles. The Labute approximate surface area is 153 Å². The van der Waals surface area contributed by atoms with Gasteiger partial charge in [-0.15, -0.1) is 0 Å². The van der Waals surface area contributed by atoms with Crippen molar-refractivity contribution in [3.63, 3.8) is 0 Å². The van der Waals surface area contributed by atoms with Crippen molar-refractivity contribution in [1.82, 2.24) is 10.3 Å². The molecular formula is C22H22N2O2. The van der Waals surface area contributed by atoms with Gasteiger partial charge in [-0.1, -0.05) is 37.3 Å². The standard InChI is InChI=1S/C22H22N2O2/c1-2-3-4-13-26-20-9-5-7-17(14-20)16-24-22(25)19-10-11-21-18(15-19)8-6-12-23-21/h3-12,14-15H,2,13,16H2,1H3,(H,24,25). The lowest BCUT2D eigenvalue weighted by Gasteiger charge is -2.08. The zero-order chi connectivity index (χ0) is 18.2. The third-order valence-corrected chi connectivity index (χ3v) is 3.97. The van der Waals surface area contributed by atoms with Crippen LogP contribution in [0.15, 0.2) is 72.9 Å². The summed E-state index contributed by atoms with van der Waals surface area (Å²) in [6.07, 6.45) is 6.82. The highest BCUT2D eigenvalue weighted by atomic mass is 16.5. The fraction of sp³-hybridized carbons (Fsp3) is 0.182. The van der Waals surface area contributed by atoms with Gasteiger partial charge in [0, 0.05) is 23.7 Å². The lowest BCUT2D eigenvalue weighted by molar-refractivity contribution is 0.0951. The van der Waals surface area contributed by atoms with E-state index in [0.717, 1.165) is 28.6 Å². The van der Waals surface area contributed by atoms with E-state index in [1.807, 2.05) is 54.6 Å². The van der Waals surface area contributed by atoms with Crippen molar-refractivity contribution in [1.29, 1.82) is 0 Å². The third-order valence-electron chi connectivity index (χ3n) is 3.97. The summed E-state index contributed by atoms with van der Waals surface area (Å²) in [5, 5.41) is 3.91. The van der Waals surface area contributed by atoms with Crippen molar-refractivity contribution in [3.05, 3.63) is 84.1 Å². The largest absolute Gasteiger partial charge is 0.490 e. The molecule has 0 spiro atoms. The van der Waals surface area contributed by atoms with Gasteiger partial charge in [-0.2, -0.15) is 0 Å². The van der Waals surface area contributed by atoms with Crippen LogP contribution in [0.5, 0.6) is 5.75 Å². The number of fused-ring (bicyclic) bond motifs is 1. The molecule has 26 heavy (non-hydrogen) atoms. The van der Waals surface area contributed by atoms with Gasteiger partial charge in [-0.05, 0) is 48.4 Å². The summed E-state index contributed by atoms with van der Waals surface area (Å²) in [5.41, 5.74) is 2.51. The molecule has 0 atom stereocenters. The van der Waals surface area contributed by atoms with Crippen molar-refractivity contribution in [3.8, 4) is 5.75 Å². The molecule has 0 aliphatic carbocycles. The zero-order valence-electron chi connectivity index (χ0n) is 14.8. The maximum Gasteiger partial charge on any atom is 0.251 e. The number of aromatic nitrogens is 1. The Hall–Kier alpha value is -3.14. The molecule has 132 valence electrons. The molecule has 0 fully saturated rings. The summed E-state index contributed by atoms with van der Waals surface area (Å²) in [6, 6.07) is 17.1. The zero-order valence-corrected chi connectivity index (χ0v) is 14.8. The van der Waals surface area contributed by atoms with Gasteiger partial charge >= 0.3 is 0 Å². The maximum atomic E-state index is 12.4. The molecule has 3 aromatic rings. The number of rotatable bonds is 7. The Morgan fingerprint density at radius 1 is 1.12 bits per heavy atom. The highest BCUT2D eigenvalue weighted by Gasteiger charge is 2.07. The predicted octanol–water partition coefficient (Wildman–Crippen LogP) is 4.51. The molecular weight excluding hydrogens is 324 g/mol. The van der Waals surface area contributed by atoms with Crippen molar-refractivity contribution < 1.29 is 9.53 Å². The summed E-state index contributed by atoms with van der Waals surface area (Å²) in [5.74, 6) is 0.697. The van der Waals surface area contributed by atoms with Gasteiger partial charge in [-0.25, -0.2) is 0 Å². The van der Waals surface area contributed by atoms with Crippen LogP contribution in [0.1, 0.15) is 29.3 Å². The summed E-state index contributed by atoms with van der Waals surface area (Å²) >= 11 is 0. The molecule has 0 radical (unpaired) electrons. The number of hydrogen-bond acceptors (Lipinski definition) is 3. The summed E-state index contributed by atoms with van der Waals surface area (Å²) in [6.45, 7) is 3.09. The number of benzene rings is 2. The predicted molar refractivity (Wildman–Crippen MR) is 104 cm³/mol. The van der Waals surface area contributed by atoms with E-state index in [4.69, 9.17) is 4.74 Å². The Bertz CT molecular complexity index is 919. The number of carbonyl (C=O) groups is 1. The number of nitrogens with zero attached hydrogens (tertiary/aromatic N) is 1. The summed E-state index contributed by atoms with van der Waals surface area (Å²) < 4.78 is 5.68. The molecule has 0 bridgehead atoms. The Balaban J connectivity index is 1.60. The van der Waals surface area contributed by atoms with Crippen LogP contribution in [-0.4, -0.2) is 17.5 Å². The fourth-order valence-corrected chi connectivity index (χ4v) is 2.63. The molecule has 1 N–H and O–H groups in total. The second kappa shape index (κ2) is 8.81. The van der Waals surface area contributed by atoms with E-state index in [1.54, 1.807) is 12.3 Å². The van der Waals surface area contributed by atoms with E-state index >= 15 is 0 Å². The van der Waals surface area contributed by atoms with Crippen LogP contribution in [0.3, 0.4) is 0 Å². The first-order valence-electron chi connectivity index (χ1n) is 8.76. The first-order chi connectivity index (χ1) is 12.8. The van der Waals surface area contributed by atoms with Crippen molar-refractivity contribution >= 4 is 16.8 Å². The first kappa shape index (κ1) is 17.7. The molecule has 0 aliphatic heterocycles. The van der Waals surface area contributed by atoms with Crippen LogP contribution < -0.4 is 10.1 Å². The fourth-order valence-electron chi connectivity index (χ4n) is 2.63. The van der Waals surface area contributed by atoms with E-state index in [-0.39, 0.29) is 5.91 Å². The molecule has 4 heteroatoms. The van der Waals surface area contributed by atoms with Crippen LogP contribution in [0, 0.1) is 0 Å². The molecule has 0 aliphatic rings. The quantitative estimate of drug-likeness (QED) is 0.640.